The zero-order chi connectivity index (χ0) is 15.8. The van der Waals surface area contributed by atoms with Gasteiger partial charge in [-0.1, -0.05) is 24.6 Å². The Morgan fingerprint density at radius 2 is 2.05 bits per heavy atom. The molecule has 1 atom stereocenters. The van der Waals surface area contributed by atoms with Gasteiger partial charge >= 0.3 is 5.97 Å². The minimum atomic E-state index is -0.400. The van der Waals surface area contributed by atoms with Crippen molar-refractivity contribution in [2.45, 2.75) is 46.3 Å². The molecule has 0 fully saturated rings. The largest absolute Gasteiger partial charge is 0.480 e. The molecule has 0 aliphatic heterocycles. The second kappa shape index (κ2) is 8.90. The molecule has 1 unspecified atom stereocenters. The summed E-state index contributed by atoms with van der Waals surface area (Å²) in [6, 6.07) is 5.81. The Balaban J connectivity index is 2.59. The van der Waals surface area contributed by atoms with Crippen molar-refractivity contribution in [3.05, 3.63) is 28.8 Å². The molecule has 0 aliphatic rings. The maximum atomic E-state index is 11.4. The van der Waals surface area contributed by atoms with E-state index in [0.29, 0.717) is 10.8 Å². The summed E-state index contributed by atoms with van der Waals surface area (Å²) in [4.78, 5) is 11.4. The van der Waals surface area contributed by atoms with Gasteiger partial charge in [0.1, 0.15) is 5.75 Å². The van der Waals surface area contributed by atoms with Crippen molar-refractivity contribution >= 4 is 17.6 Å². The molecule has 0 heterocycles. The first-order valence-electron chi connectivity index (χ1n) is 7.29. The van der Waals surface area contributed by atoms with Gasteiger partial charge in [0, 0.05) is 6.04 Å². The molecule has 1 aromatic rings. The number of nitrogens with one attached hydrogen (secondary N) is 1. The first-order chi connectivity index (χ1) is 9.93. The van der Waals surface area contributed by atoms with E-state index in [1.54, 1.807) is 19.9 Å². The molecule has 1 aromatic carbocycles. The van der Waals surface area contributed by atoms with E-state index in [4.69, 9.17) is 21.1 Å². The highest BCUT2D eigenvalue weighted by Crippen LogP contribution is 2.28. The van der Waals surface area contributed by atoms with E-state index in [9.17, 15) is 4.79 Å². The molecule has 0 radical (unpaired) electrons. The van der Waals surface area contributed by atoms with Crippen molar-refractivity contribution in [2.24, 2.45) is 0 Å². The second-order valence-electron chi connectivity index (χ2n) is 5.19. The molecule has 0 saturated heterocycles. The molecule has 21 heavy (non-hydrogen) atoms. The van der Waals surface area contributed by atoms with Gasteiger partial charge in [0.25, 0.3) is 0 Å². The normalized spacial score (nSPS) is 12.3. The molecule has 1 N–H and O–H groups in total. The van der Waals surface area contributed by atoms with E-state index in [0.717, 1.165) is 18.5 Å². The Kier molecular flexibility index (Phi) is 7.54. The third-order valence-electron chi connectivity index (χ3n) is 2.87. The number of halogens is 1. The van der Waals surface area contributed by atoms with E-state index in [1.807, 2.05) is 12.1 Å². The van der Waals surface area contributed by atoms with Gasteiger partial charge in [0.2, 0.25) is 0 Å². The van der Waals surface area contributed by atoms with E-state index < -0.39 is 5.97 Å². The van der Waals surface area contributed by atoms with Crippen molar-refractivity contribution in [3.8, 4) is 5.75 Å². The van der Waals surface area contributed by atoms with E-state index in [-0.39, 0.29) is 18.8 Å². The Morgan fingerprint density at radius 3 is 2.62 bits per heavy atom. The van der Waals surface area contributed by atoms with Gasteiger partial charge < -0.3 is 14.8 Å². The van der Waals surface area contributed by atoms with E-state index in [1.165, 1.54) is 0 Å². The summed E-state index contributed by atoms with van der Waals surface area (Å²) < 4.78 is 10.4. The van der Waals surface area contributed by atoms with Crippen LogP contribution in [0.1, 0.15) is 45.7 Å². The molecule has 0 spiro atoms. The number of esters is 1. The fraction of sp³-hybridized carbons (Fsp3) is 0.562. The average molecular weight is 314 g/mol. The average Bonchev–Trinajstić information content (AvgIpc) is 2.42. The van der Waals surface area contributed by atoms with Crippen LogP contribution in [0.3, 0.4) is 0 Å². The van der Waals surface area contributed by atoms with Crippen LogP contribution in [0.4, 0.5) is 0 Å². The number of carbonyl (C=O) groups excluding carboxylic acids is 1. The van der Waals surface area contributed by atoms with Crippen LogP contribution >= 0.6 is 11.6 Å². The SMILES string of the molecule is CCCNC(C)c1ccc(OCC(=O)OC(C)C)c(Cl)c1. The minimum absolute atomic E-state index is 0.138. The third kappa shape index (κ3) is 6.36. The second-order valence-corrected chi connectivity index (χ2v) is 5.60. The van der Waals surface area contributed by atoms with Crippen LogP contribution in [0.2, 0.25) is 5.02 Å². The Labute approximate surface area is 131 Å². The maximum absolute atomic E-state index is 11.4. The summed E-state index contributed by atoms with van der Waals surface area (Å²) >= 11 is 6.19. The van der Waals surface area contributed by atoms with Crippen molar-refractivity contribution in [1.29, 1.82) is 0 Å². The van der Waals surface area contributed by atoms with Crippen LogP contribution in [-0.2, 0) is 9.53 Å². The Morgan fingerprint density at radius 1 is 1.33 bits per heavy atom. The summed E-state index contributed by atoms with van der Waals surface area (Å²) in [5, 5.41) is 3.89. The lowest BCUT2D eigenvalue weighted by Gasteiger charge is -2.15. The summed E-state index contributed by atoms with van der Waals surface area (Å²) in [7, 11) is 0. The Hall–Kier alpha value is -1.26. The van der Waals surface area contributed by atoms with Crippen LogP contribution in [0.5, 0.6) is 5.75 Å². The van der Waals surface area contributed by atoms with Crippen molar-refractivity contribution in [2.75, 3.05) is 13.2 Å². The predicted molar refractivity (Wildman–Crippen MR) is 84.9 cm³/mol. The molecule has 0 saturated carbocycles. The van der Waals surface area contributed by atoms with Crippen molar-refractivity contribution in [3.63, 3.8) is 0 Å². The fourth-order valence-corrected chi connectivity index (χ4v) is 2.06. The topological polar surface area (TPSA) is 47.6 Å². The van der Waals surface area contributed by atoms with E-state index in [2.05, 4.69) is 19.2 Å². The van der Waals surface area contributed by atoms with Crippen LogP contribution in [0.25, 0.3) is 0 Å². The molecule has 0 bridgehead atoms. The van der Waals surface area contributed by atoms with Gasteiger partial charge in [-0.2, -0.15) is 0 Å². The summed E-state index contributed by atoms with van der Waals surface area (Å²) in [5.74, 6) is 0.0898. The standard InChI is InChI=1S/C16H24ClNO3/c1-5-8-18-12(4)13-6-7-15(14(17)9-13)20-10-16(19)21-11(2)3/h6-7,9,11-12,18H,5,8,10H2,1-4H3. The van der Waals surface area contributed by atoms with Gasteiger partial charge in [0.15, 0.2) is 6.61 Å². The minimum Gasteiger partial charge on any atom is -0.480 e. The molecule has 0 amide bonds. The number of hydrogen-bond donors (Lipinski definition) is 1. The third-order valence-corrected chi connectivity index (χ3v) is 3.16. The van der Waals surface area contributed by atoms with Gasteiger partial charge in [-0.15, -0.1) is 0 Å². The highest BCUT2D eigenvalue weighted by molar-refractivity contribution is 6.32. The van der Waals surface area contributed by atoms with E-state index >= 15 is 0 Å². The zero-order valence-electron chi connectivity index (χ0n) is 13.1. The predicted octanol–water partition coefficient (Wildman–Crippen LogP) is 3.73. The van der Waals surface area contributed by atoms with Crippen molar-refractivity contribution < 1.29 is 14.3 Å². The van der Waals surface area contributed by atoms with Crippen LogP contribution < -0.4 is 10.1 Å². The number of rotatable bonds is 8. The highest BCUT2D eigenvalue weighted by Gasteiger charge is 2.11. The number of benzene rings is 1. The lowest BCUT2D eigenvalue weighted by molar-refractivity contribution is -0.149. The van der Waals surface area contributed by atoms with Gasteiger partial charge in [-0.25, -0.2) is 4.79 Å². The molecule has 0 aromatic heterocycles. The number of carbonyl (C=O) groups is 1. The molecule has 118 valence electrons. The summed E-state index contributed by atoms with van der Waals surface area (Å²) in [5.41, 5.74) is 1.09. The molecule has 1 rings (SSSR count). The monoisotopic (exact) mass is 313 g/mol. The lowest BCUT2D eigenvalue weighted by atomic mass is 10.1. The first kappa shape index (κ1) is 17.8. The highest BCUT2D eigenvalue weighted by atomic mass is 35.5. The van der Waals surface area contributed by atoms with Crippen LogP contribution in [-0.4, -0.2) is 25.2 Å². The molecule has 0 aliphatic carbocycles. The fourth-order valence-electron chi connectivity index (χ4n) is 1.82. The van der Waals surface area contributed by atoms with Crippen LogP contribution in [0.15, 0.2) is 18.2 Å². The van der Waals surface area contributed by atoms with Gasteiger partial charge in [-0.3, -0.25) is 0 Å². The summed E-state index contributed by atoms with van der Waals surface area (Å²) in [6.45, 7) is 8.62. The zero-order valence-corrected chi connectivity index (χ0v) is 13.9. The lowest BCUT2D eigenvalue weighted by Crippen LogP contribution is -2.20. The molecular weight excluding hydrogens is 290 g/mol. The smallest absolute Gasteiger partial charge is 0.344 e. The van der Waals surface area contributed by atoms with Gasteiger partial charge in [0.05, 0.1) is 11.1 Å². The Bertz CT molecular complexity index is 463. The number of ether oxygens (including phenoxy) is 2. The molecule has 5 heteroatoms. The quantitative estimate of drug-likeness (QED) is 0.743. The van der Waals surface area contributed by atoms with Gasteiger partial charge in [-0.05, 0) is 51.4 Å². The van der Waals surface area contributed by atoms with Crippen molar-refractivity contribution in [1.82, 2.24) is 5.32 Å². The first-order valence-corrected chi connectivity index (χ1v) is 7.67. The molecule has 4 nitrogen and oxygen atoms in total. The van der Waals surface area contributed by atoms with Crippen LogP contribution in [0, 0.1) is 0 Å². The number of hydrogen-bond acceptors (Lipinski definition) is 4. The maximum Gasteiger partial charge on any atom is 0.344 e. The molecular formula is C16H24ClNO3. The summed E-state index contributed by atoms with van der Waals surface area (Å²) in [6.07, 6.45) is 0.932.